The lowest BCUT2D eigenvalue weighted by atomic mass is 9.60. The van der Waals surface area contributed by atoms with Crippen molar-refractivity contribution < 1.29 is 0 Å². The molecule has 0 unspecified atom stereocenters. The average Bonchev–Trinajstić information content (AvgIpc) is 2.56. The van der Waals surface area contributed by atoms with E-state index in [4.69, 9.17) is 0 Å². The summed E-state index contributed by atoms with van der Waals surface area (Å²) in [5.41, 5.74) is 0.921. The van der Waals surface area contributed by atoms with E-state index in [1.807, 2.05) is 0 Å². The van der Waals surface area contributed by atoms with E-state index in [0.717, 1.165) is 23.7 Å². The Hall–Kier alpha value is -0.260. The molecule has 0 aromatic heterocycles. The quantitative estimate of drug-likeness (QED) is 0.511. The lowest BCUT2D eigenvalue weighted by Crippen LogP contribution is -2.38. The molecule has 15 heavy (non-hydrogen) atoms. The van der Waals surface area contributed by atoms with Gasteiger partial charge in [-0.15, -0.1) is 0 Å². The molecule has 0 saturated heterocycles. The van der Waals surface area contributed by atoms with E-state index in [1.165, 1.54) is 6.42 Å². The van der Waals surface area contributed by atoms with Gasteiger partial charge in [-0.05, 0) is 40.9 Å². The predicted octanol–water partition coefficient (Wildman–Crippen LogP) is 4.52. The zero-order valence-electron chi connectivity index (χ0n) is 11.2. The van der Waals surface area contributed by atoms with Gasteiger partial charge in [0.05, 0.1) is 0 Å². The minimum atomic E-state index is 0.460. The van der Waals surface area contributed by atoms with E-state index in [1.54, 1.807) is 0 Å². The van der Waals surface area contributed by atoms with Crippen molar-refractivity contribution in [2.75, 3.05) is 0 Å². The predicted molar refractivity (Wildman–Crippen MR) is 66.6 cm³/mol. The summed E-state index contributed by atoms with van der Waals surface area (Å²) < 4.78 is 0. The Labute approximate surface area is 95.1 Å². The van der Waals surface area contributed by atoms with Crippen LogP contribution in [0.15, 0.2) is 12.2 Å². The fourth-order valence-corrected chi connectivity index (χ4v) is 4.18. The first-order chi connectivity index (χ1) is 6.71. The van der Waals surface area contributed by atoms with Gasteiger partial charge in [-0.2, -0.15) is 0 Å². The van der Waals surface area contributed by atoms with Crippen LogP contribution < -0.4 is 0 Å². The van der Waals surface area contributed by atoms with Crippen molar-refractivity contribution in [1.29, 1.82) is 0 Å². The number of allylic oxidation sites excluding steroid dienone is 2. The zero-order valence-corrected chi connectivity index (χ0v) is 11.2. The first-order valence-electron chi connectivity index (χ1n) is 6.39. The van der Waals surface area contributed by atoms with Gasteiger partial charge in [0, 0.05) is 0 Å². The summed E-state index contributed by atoms with van der Waals surface area (Å²) in [6.07, 6.45) is 6.40. The first-order valence-corrected chi connectivity index (χ1v) is 6.39. The summed E-state index contributed by atoms with van der Waals surface area (Å²) in [6, 6.07) is 0. The molecule has 0 heteroatoms. The van der Waals surface area contributed by atoms with Crippen molar-refractivity contribution >= 4 is 0 Å². The van der Waals surface area contributed by atoms with Gasteiger partial charge in [0.15, 0.2) is 0 Å². The van der Waals surface area contributed by atoms with Gasteiger partial charge < -0.3 is 0 Å². The van der Waals surface area contributed by atoms with Crippen LogP contribution in [0.25, 0.3) is 0 Å². The summed E-state index contributed by atoms with van der Waals surface area (Å²) in [6.45, 7) is 14.5. The molecule has 0 aromatic carbocycles. The monoisotopic (exact) mass is 206 g/mol. The summed E-state index contributed by atoms with van der Waals surface area (Å²) in [7, 11) is 0. The van der Waals surface area contributed by atoms with E-state index in [2.05, 4.69) is 53.7 Å². The van der Waals surface area contributed by atoms with Crippen LogP contribution in [0.2, 0.25) is 0 Å². The molecule has 0 nitrogen and oxygen atoms in total. The molecule has 0 heterocycles. The highest BCUT2D eigenvalue weighted by Gasteiger charge is 2.52. The molecule has 0 aliphatic heterocycles. The Morgan fingerprint density at radius 2 is 1.07 bits per heavy atom. The van der Waals surface area contributed by atoms with Gasteiger partial charge in [-0.1, -0.05) is 53.7 Å². The third-order valence-electron chi connectivity index (χ3n) is 4.46. The number of hydrogen-bond acceptors (Lipinski definition) is 0. The van der Waals surface area contributed by atoms with Crippen molar-refractivity contribution in [1.82, 2.24) is 0 Å². The number of rotatable bonds is 0. The molecule has 2 bridgehead atoms. The Balaban J connectivity index is 2.33. The first kappa shape index (κ1) is 11.2. The third-order valence-corrected chi connectivity index (χ3v) is 4.46. The Morgan fingerprint density at radius 3 is 1.33 bits per heavy atom. The van der Waals surface area contributed by atoms with Crippen LogP contribution in [0.4, 0.5) is 0 Å². The van der Waals surface area contributed by atoms with Gasteiger partial charge in [-0.3, -0.25) is 0 Å². The maximum Gasteiger partial charge on any atom is -0.0191 e. The summed E-state index contributed by atoms with van der Waals surface area (Å²) in [5, 5.41) is 0. The third kappa shape index (κ3) is 1.77. The molecule has 4 atom stereocenters. The van der Waals surface area contributed by atoms with E-state index in [-0.39, 0.29) is 0 Å². The Morgan fingerprint density at radius 1 is 0.733 bits per heavy atom. The molecular formula is C15H26. The fraction of sp³-hybridized carbons (Fsp3) is 0.867. The second-order valence-electron chi connectivity index (χ2n) is 7.73. The molecule has 0 N–H and O–H groups in total. The average molecular weight is 206 g/mol. The van der Waals surface area contributed by atoms with Crippen LogP contribution in [0.3, 0.4) is 0 Å². The topological polar surface area (TPSA) is 0 Å². The van der Waals surface area contributed by atoms with Crippen molar-refractivity contribution in [3.05, 3.63) is 12.2 Å². The van der Waals surface area contributed by atoms with E-state index < -0.39 is 0 Å². The number of fused-ring (bicyclic) bond motifs is 2. The summed E-state index contributed by atoms with van der Waals surface area (Å²) in [5.74, 6) is 3.48. The van der Waals surface area contributed by atoms with Crippen LogP contribution in [-0.4, -0.2) is 0 Å². The van der Waals surface area contributed by atoms with E-state index in [9.17, 15) is 0 Å². The number of hydrogen-bond donors (Lipinski definition) is 0. The Bertz CT molecular complexity index is 243. The smallest absolute Gasteiger partial charge is 0.0191 e. The second-order valence-corrected chi connectivity index (χ2v) is 7.73. The fourth-order valence-electron chi connectivity index (χ4n) is 4.18. The van der Waals surface area contributed by atoms with Gasteiger partial charge in [0.1, 0.15) is 0 Å². The maximum atomic E-state index is 2.49. The lowest BCUT2D eigenvalue weighted by molar-refractivity contribution is 0.0622. The van der Waals surface area contributed by atoms with Crippen molar-refractivity contribution in [2.24, 2.45) is 34.5 Å². The molecule has 86 valence electrons. The molecular weight excluding hydrogens is 180 g/mol. The normalized spacial score (nSPS) is 40.1. The van der Waals surface area contributed by atoms with Gasteiger partial charge >= 0.3 is 0 Å². The standard InChI is InChI=1S/C15H26/c1-14(2,3)12-10-7-8-11(9-10)13(12)15(4,5)6/h7-8,10-13H,9H2,1-6H3/t10-,11+,12-,13-/m1/s1. The van der Waals surface area contributed by atoms with Crippen LogP contribution in [-0.2, 0) is 0 Å². The van der Waals surface area contributed by atoms with Crippen LogP contribution in [0.1, 0.15) is 48.0 Å². The Kier molecular flexibility index (Phi) is 2.34. The molecule has 2 rings (SSSR count). The minimum absolute atomic E-state index is 0.460. The molecule has 2 aliphatic carbocycles. The van der Waals surface area contributed by atoms with Crippen molar-refractivity contribution in [3.63, 3.8) is 0 Å². The van der Waals surface area contributed by atoms with Crippen LogP contribution >= 0.6 is 0 Å². The highest BCUT2D eigenvalue weighted by molar-refractivity contribution is 5.17. The molecule has 0 spiro atoms. The van der Waals surface area contributed by atoms with Gasteiger partial charge in [-0.25, -0.2) is 0 Å². The van der Waals surface area contributed by atoms with Crippen LogP contribution in [0.5, 0.6) is 0 Å². The summed E-state index contributed by atoms with van der Waals surface area (Å²) in [4.78, 5) is 0. The summed E-state index contributed by atoms with van der Waals surface area (Å²) >= 11 is 0. The lowest BCUT2D eigenvalue weighted by Gasteiger charge is -2.44. The highest BCUT2D eigenvalue weighted by Crippen LogP contribution is 2.59. The van der Waals surface area contributed by atoms with Gasteiger partial charge in [0.2, 0.25) is 0 Å². The van der Waals surface area contributed by atoms with E-state index >= 15 is 0 Å². The SMILES string of the molecule is CC(C)(C)[C@H]1[C@H](C(C)(C)C)[C@H]2C=C[C@@H]1C2. The second kappa shape index (κ2) is 3.12. The molecule has 1 fully saturated rings. The zero-order chi connectivity index (χ0) is 11.4. The molecule has 0 radical (unpaired) electrons. The largest absolute Gasteiger partial charge is 0.0848 e. The van der Waals surface area contributed by atoms with Crippen LogP contribution in [0, 0.1) is 34.5 Å². The molecule has 1 saturated carbocycles. The maximum absolute atomic E-state index is 2.49. The molecule has 0 aromatic rings. The van der Waals surface area contributed by atoms with Crippen molar-refractivity contribution in [3.8, 4) is 0 Å². The highest BCUT2D eigenvalue weighted by atomic mass is 14.6. The minimum Gasteiger partial charge on any atom is -0.0848 e. The molecule has 2 aliphatic rings. The van der Waals surface area contributed by atoms with E-state index in [0.29, 0.717) is 10.8 Å². The van der Waals surface area contributed by atoms with Crippen molar-refractivity contribution in [2.45, 2.75) is 48.0 Å². The van der Waals surface area contributed by atoms with Gasteiger partial charge in [0.25, 0.3) is 0 Å². The molecule has 0 amide bonds.